The lowest BCUT2D eigenvalue weighted by Gasteiger charge is -2.17. The number of hydrogen-bond donors (Lipinski definition) is 1. The van der Waals surface area contributed by atoms with Crippen molar-refractivity contribution in [3.05, 3.63) is 23.3 Å². The molecule has 1 N–H and O–H groups in total. The molecule has 0 saturated heterocycles. The van der Waals surface area contributed by atoms with E-state index in [-0.39, 0.29) is 6.61 Å². The largest absolute Gasteiger partial charge is 0.496 e. The van der Waals surface area contributed by atoms with Gasteiger partial charge in [0, 0.05) is 11.1 Å². The Balaban J connectivity index is 3.16. The summed E-state index contributed by atoms with van der Waals surface area (Å²) in [5.41, 5.74) is 1.09. The quantitative estimate of drug-likeness (QED) is 0.809. The van der Waals surface area contributed by atoms with Gasteiger partial charge in [-0.05, 0) is 26.0 Å². The van der Waals surface area contributed by atoms with Crippen LogP contribution in [-0.2, 0) is 9.53 Å². The number of carbonyl (C=O) groups is 1. The molecule has 0 fully saturated rings. The lowest BCUT2D eigenvalue weighted by Crippen LogP contribution is -2.16. The second-order valence-corrected chi connectivity index (χ2v) is 3.67. The molecule has 0 aliphatic rings. The number of esters is 1. The third-order valence-corrected chi connectivity index (χ3v) is 2.62. The van der Waals surface area contributed by atoms with E-state index in [1.807, 2.05) is 0 Å². The maximum atomic E-state index is 11.5. The van der Waals surface area contributed by atoms with Crippen LogP contribution < -0.4 is 9.47 Å². The Morgan fingerprint density at radius 1 is 1.33 bits per heavy atom. The Morgan fingerprint density at radius 2 is 2.00 bits per heavy atom. The molecule has 0 amide bonds. The zero-order chi connectivity index (χ0) is 13.7. The minimum atomic E-state index is -1.36. The maximum Gasteiger partial charge on any atom is 0.339 e. The molecular formula is C13H18O5. The van der Waals surface area contributed by atoms with Gasteiger partial charge in [0.2, 0.25) is 0 Å². The number of aliphatic hydroxyl groups is 1. The molecule has 0 aromatic heterocycles. The third kappa shape index (κ3) is 2.73. The van der Waals surface area contributed by atoms with E-state index in [4.69, 9.17) is 14.2 Å². The number of rotatable bonds is 5. The van der Waals surface area contributed by atoms with Gasteiger partial charge in [0.15, 0.2) is 6.10 Å². The van der Waals surface area contributed by atoms with Gasteiger partial charge in [-0.2, -0.15) is 0 Å². The van der Waals surface area contributed by atoms with Gasteiger partial charge in [-0.25, -0.2) is 4.79 Å². The Bertz CT molecular complexity index is 428. The van der Waals surface area contributed by atoms with E-state index >= 15 is 0 Å². The summed E-state index contributed by atoms with van der Waals surface area (Å²) in [6, 6.07) is 3.27. The fraction of sp³-hybridized carbons (Fsp3) is 0.462. The van der Waals surface area contributed by atoms with Gasteiger partial charge in [-0.15, -0.1) is 0 Å². The van der Waals surface area contributed by atoms with Crippen molar-refractivity contribution >= 4 is 5.97 Å². The molecule has 0 aliphatic carbocycles. The summed E-state index contributed by atoms with van der Waals surface area (Å²) in [7, 11) is 3.02. The van der Waals surface area contributed by atoms with E-state index in [0.29, 0.717) is 17.1 Å². The van der Waals surface area contributed by atoms with Crippen LogP contribution in [0.3, 0.4) is 0 Å². The number of aliphatic hydroxyl groups excluding tert-OH is 1. The summed E-state index contributed by atoms with van der Waals surface area (Å²) in [6.07, 6.45) is -1.36. The molecule has 1 unspecified atom stereocenters. The SMILES string of the molecule is CCOC(=O)C(O)c1ccc(OC)c(C)c1OC. The molecule has 0 spiro atoms. The topological polar surface area (TPSA) is 65.0 Å². The first-order valence-electron chi connectivity index (χ1n) is 5.63. The molecule has 0 heterocycles. The van der Waals surface area contributed by atoms with Gasteiger partial charge in [-0.3, -0.25) is 0 Å². The van der Waals surface area contributed by atoms with Gasteiger partial charge in [0.25, 0.3) is 0 Å². The summed E-state index contributed by atoms with van der Waals surface area (Å²) in [5, 5.41) is 9.92. The zero-order valence-electron chi connectivity index (χ0n) is 11.0. The predicted octanol–water partition coefficient (Wildman–Crippen LogP) is 1.61. The summed E-state index contributed by atoms with van der Waals surface area (Å²) in [5.74, 6) is 0.363. The van der Waals surface area contributed by atoms with E-state index in [1.165, 1.54) is 7.11 Å². The van der Waals surface area contributed by atoms with Gasteiger partial charge in [-0.1, -0.05) is 0 Å². The molecule has 100 valence electrons. The molecule has 1 aromatic rings. The second kappa shape index (κ2) is 6.26. The highest BCUT2D eigenvalue weighted by atomic mass is 16.5. The van der Waals surface area contributed by atoms with Crippen LogP contribution in [0.25, 0.3) is 0 Å². The van der Waals surface area contributed by atoms with Crippen LogP contribution in [0, 0.1) is 6.92 Å². The molecule has 5 nitrogen and oxygen atoms in total. The van der Waals surface area contributed by atoms with E-state index in [9.17, 15) is 9.90 Å². The lowest BCUT2D eigenvalue weighted by molar-refractivity contribution is -0.153. The fourth-order valence-electron chi connectivity index (χ4n) is 1.75. The van der Waals surface area contributed by atoms with Crippen molar-refractivity contribution in [2.75, 3.05) is 20.8 Å². The maximum absolute atomic E-state index is 11.5. The Morgan fingerprint density at radius 3 is 2.50 bits per heavy atom. The van der Waals surface area contributed by atoms with Gasteiger partial charge < -0.3 is 19.3 Å². The molecule has 1 aromatic carbocycles. The number of hydrogen-bond acceptors (Lipinski definition) is 5. The number of benzene rings is 1. The Kier molecular flexibility index (Phi) is 4.97. The summed E-state index contributed by atoms with van der Waals surface area (Å²) in [6.45, 7) is 3.69. The second-order valence-electron chi connectivity index (χ2n) is 3.67. The van der Waals surface area contributed by atoms with Crippen LogP contribution in [0.5, 0.6) is 11.5 Å². The first-order chi connectivity index (χ1) is 8.56. The molecule has 1 atom stereocenters. The molecule has 0 aliphatic heterocycles. The van der Waals surface area contributed by atoms with Crippen LogP contribution in [0.4, 0.5) is 0 Å². The van der Waals surface area contributed by atoms with Crippen LogP contribution in [0.15, 0.2) is 12.1 Å². The first-order valence-corrected chi connectivity index (χ1v) is 5.63. The molecule has 1 rings (SSSR count). The van der Waals surface area contributed by atoms with Crippen molar-refractivity contribution in [2.45, 2.75) is 20.0 Å². The van der Waals surface area contributed by atoms with Crippen LogP contribution in [0.1, 0.15) is 24.2 Å². The smallest absolute Gasteiger partial charge is 0.339 e. The van der Waals surface area contributed by atoms with E-state index in [1.54, 1.807) is 33.1 Å². The Hall–Kier alpha value is -1.75. The van der Waals surface area contributed by atoms with Gasteiger partial charge in [0.05, 0.1) is 20.8 Å². The average Bonchev–Trinajstić information content (AvgIpc) is 2.37. The van der Waals surface area contributed by atoms with Crippen molar-refractivity contribution < 1.29 is 24.1 Å². The first kappa shape index (κ1) is 14.3. The normalized spacial score (nSPS) is 11.8. The highest BCUT2D eigenvalue weighted by Crippen LogP contribution is 2.35. The minimum Gasteiger partial charge on any atom is -0.496 e. The monoisotopic (exact) mass is 254 g/mol. The standard InChI is InChI=1S/C13H18O5/c1-5-18-13(15)11(14)9-6-7-10(16-3)8(2)12(9)17-4/h6-7,11,14H,5H2,1-4H3. The van der Waals surface area contributed by atoms with Gasteiger partial charge in [0.1, 0.15) is 11.5 Å². The highest BCUT2D eigenvalue weighted by Gasteiger charge is 2.24. The fourth-order valence-corrected chi connectivity index (χ4v) is 1.75. The van der Waals surface area contributed by atoms with Crippen molar-refractivity contribution in [1.29, 1.82) is 0 Å². The molecule has 0 bridgehead atoms. The molecule has 5 heteroatoms. The Labute approximate surface area is 106 Å². The van der Waals surface area contributed by atoms with E-state index in [2.05, 4.69) is 0 Å². The molecular weight excluding hydrogens is 236 g/mol. The average molecular weight is 254 g/mol. The van der Waals surface area contributed by atoms with Gasteiger partial charge >= 0.3 is 5.97 Å². The molecule has 0 saturated carbocycles. The number of methoxy groups -OCH3 is 2. The number of ether oxygens (including phenoxy) is 3. The van der Waals surface area contributed by atoms with Crippen LogP contribution in [0.2, 0.25) is 0 Å². The number of carbonyl (C=O) groups excluding carboxylic acids is 1. The summed E-state index contributed by atoms with van der Waals surface area (Å²) >= 11 is 0. The summed E-state index contributed by atoms with van der Waals surface area (Å²) in [4.78, 5) is 11.5. The third-order valence-electron chi connectivity index (χ3n) is 2.62. The van der Waals surface area contributed by atoms with Crippen molar-refractivity contribution in [3.63, 3.8) is 0 Å². The van der Waals surface area contributed by atoms with Crippen molar-refractivity contribution in [2.24, 2.45) is 0 Å². The lowest BCUT2D eigenvalue weighted by atomic mass is 10.0. The highest BCUT2D eigenvalue weighted by molar-refractivity contribution is 5.77. The zero-order valence-corrected chi connectivity index (χ0v) is 11.0. The van der Waals surface area contributed by atoms with Crippen LogP contribution in [-0.4, -0.2) is 31.9 Å². The minimum absolute atomic E-state index is 0.216. The predicted molar refractivity (Wildman–Crippen MR) is 65.9 cm³/mol. The van der Waals surface area contributed by atoms with E-state index < -0.39 is 12.1 Å². The summed E-state index contributed by atoms with van der Waals surface area (Å²) < 4.78 is 15.2. The molecule has 18 heavy (non-hydrogen) atoms. The molecule has 0 radical (unpaired) electrons. The van der Waals surface area contributed by atoms with Crippen molar-refractivity contribution in [3.8, 4) is 11.5 Å². The van der Waals surface area contributed by atoms with Crippen molar-refractivity contribution in [1.82, 2.24) is 0 Å². The van der Waals surface area contributed by atoms with E-state index in [0.717, 1.165) is 5.56 Å². The van der Waals surface area contributed by atoms with Crippen LogP contribution >= 0.6 is 0 Å².